The Kier molecular flexibility index (Phi) is 2.59. The maximum absolute atomic E-state index is 10.7. The van der Waals surface area contributed by atoms with E-state index in [2.05, 4.69) is 10.3 Å². The van der Waals surface area contributed by atoms with E-state index in [9.17, 15) is 9.59 Å². The Bertz CT molecular complexity index is 349. The number of carboxylic acid groups (broad SMARTS) is 1. The van der Waals surface area contributed by atoms with Crippen LogP contribution >= 0.6 is 0 Å². The zero-order valence-corrected chi connectivity index (χ0v) is 6.94. The summed E-state index contributed by atoms with van der Waals surface area (Å²) in [7, 11) is 0. The molecule has 0 saturated carbocycles. The number of carboxylic acids is 1. The van der Waals surface area contributed by atoms with E-state index >= 15 is 0 Å². The van der Waals surface area contributed by atoms with Gasteiger partial charge in [0.1, 0.15) is 0 Å². The largest absolute Gasteiger partial charge is 0.474 e. The van der Waals surface area contributed by atoms with Gasteiger partial charge in [0.25, 0.3) is 0 Å². The number of amides is 1. The van der Waals surface area contributed by atoms with Crippen LogP contribution in [0, 0.1) is 6.92 Å². The highest BCUT2D eigenvalue weighted by atomic mass is 16.4. The molecule has 1 rings (SSSR count). The maximum Gasteiger partial charge on any atom is 0.394 e. The molecule has 1 aromatic rings. The smallest absolute Gasteiger partial charge is 0.394 e. The number of nitrogens with zero attached hydrogens (tertiary/aromatic N) is 1. The molecule has 2 N–H and O–H groups in total. The molecule has 1 aromatic heterocycles. The third-order valence-electron chi connectivity index (χ3n) is 1.48. The van der Waals surface area contributed by atoms with E-state index in [0.29, 0.717) is 5.69 Å². The highest BCUT2D eigenvalue weighted by Gasteiger charge is 2.11. The number of hydrogen-bond donors (Lipinski definition) is 2. The first-order valence-corrected chi connectivity index (χ1v) is 3.56. The second-order valence-corrected chi connectivity index (χ2v) is 2.45. The van der Waals surface area contributed by atoms with Gasteiger partial charge in [0.2, 0.25) is 0 Å². The Labute approximate surface area is 74.4 Å². The molecule has 0 atom stereocenters. The van der Waals surface area contributed by atoms with Crippen molar-refractivity contribution in [1.82, 2.24) is 4.98 Å². The molecule has 5 nitrogen and oxygen atoms in total. The van der Waals surface area contributed by atoms with Crippen LogP contribution in [0.15, 0.2) is 18.5 Å². The molecule has 0 spiro atoms. The van der Waals surface area contributed by atoms with Crippen LogP contribution in [0.3, 0.4) is 0 Å². The highest BCUT2D eigenvalue weighted by molar-refractivity contribution is 6.36. The summed E-state index contributed by atoms with van der Waals surface area (Å²) in [6.07, 6.45) is 2.96. The van der Waals surface area contributed by atoms with Gasteiger partial charge in [-0.25, -0.2) is 4.79 Å². The van der Waals surface area contributed by atoms with Gasteiger partial charge in [0.15, 0.2) is 0 Å². The Morgan fingerprint density at radius 2 is 2.23 bits per heavy atom. The van der Waals surface area contributed by atoms with Crippen molar-refractivity contribution in [2.75, 3.05) is 5.32 Å². The van der Waals surface area contributed by atoms with Gasteiger partial charge in [-0.2, -0.15) is 0 Å². The van der Waals surface area contributed by atoms with Gasteiger partial charge >= 0.3 is 11.9 Å². The van der Waals surface area contributed by atoms with Crippen LogP contribution in [0.4, 0.5) is 5.69 Å². The van der Waals surface area contributed by atoms with Gasteiger partial charge in [-0.3, -0.25) is 9.78 Å². The molecule has 0 fully saturated rings. The minimum absolute atomic E-state index is 0.412. The number of aliphatic carboxylic acids is 1. The topological polar surface area (TPSA) is 79.3 Å². The van der Waals surface area contributed by atoms with Gasteiger partial charge in [-0.15, -0.1) is 0 Å². The lowest BCUT2D eigenvalue weighted by Gasteiger charge is -2.03. The van der Waals surface area contributed by atoms with Gasteiger partial charge < -0.3 is 10.4 Å². The lowest BCUT2D eigenvalue weighted by molar-refractivity contribution is -0.147. The molecule has 0 saturated heterocycles. The van der Waals surface area contributed by atoms with Gasteiger partial charge in [0.05, 0.1) is 11.9 Å². The SMILES string of the molecule is Cc1ccncc1NC(=O)C(=O)O. The Morgan fingerprint density at radius 3 is 2.77 bits per heavy atom. The molecule has 5 heteroatoms. The van der Waals surface area contributed by atoms with Crippen molar-refractivity contribution in [2.24, 2.45) is 0 Å². The lowest BCUT2D eigenvalue weighted by atomic mass is 10.2. The first-order chi connectivity index (χ1) is 6.11. The van der Waals surface area contributed by atoms with Crippen molar-refractivity contribution in [2.45, 2.75) is 6.92 Å². The molecule has 0 aromatic carbocycles. The molecular formula is C8H8N2O3. The summed E-state index contributed by atoms with van der Waals surface area (Å²) in [6.45, 7) is 1.75. The van der Waals surface area contributed by atoms with E-state index in [1.807, 2.05) is 0 Å². The average Bonchev–Trinajstić information content (AvgIpc) is 2.08. The van der Waals surface area contributed by atoms with Crippen molar-refractivity contribution < 1.29 is 14.7 Å². The number of carbonyl (C=O) groups excluding carboxylic acids is 1. The van der Waals surface area contributed by atoms with Crippen LogP contribution in [0.25, 0.3) is 0 Å². The number of carbonyl (C=O) groups is 2. The van der Waals surface area contributed by atoms with E-state index in [4.69, 9.17) is 5.11 Å². The molecule has 0 aliphatic rings. The fourth-order valence-electron chi connectivity index (χ4n) is 0.771. The summed E-state index contributed by atoms with van der Waals surface area (Å²) in [4.78, 5) is 24.7. The van der Waals surface area contributed by atoms with Crippen molar-refractivity contribution >= 4 is 17.6 Å². The van der Waals surface area contributed by atoms with E-state index in [1.165, 1.54) is 6.20 Å². The molecule has 0 aliphatic carbocycles. The molecule has 1 heterocycles. The minimum atomic E-state index is -1.51. The fraction of sp³-hybridized carbons (Fsp3) is 0.125. The molecule has 0 radical (unpaired) electrons. The molecular weight excluding hydrogens is 172 g/mol. The molecule has 0 unspecified atom stereocenters. The fourth-order valence-corrected chi connectivity index (χ4v) is 0.771. The van der Waals surface area contributed by atoms with Gasteiger partial charge in [0, 0.05) is 6.20 Å². The number of pyridine rings is 1. The van der Waals surface area contributed by atoms with Crippen LogP contribution in [-0.4, -0.2) is 22.0 Å². The molecule has 0 bridgehead atoms. The molecule has 68 valence electrons. The third kappa shape index (κ3) is 2.26. The van der Waals surface area contributed by atoms with E-state index in [0.717, 1.165) is 5.56 Å². The van der Waals surface area contributed by atoms with Gasteiger partial charge in [-0.1, -0.05) is 0 Å². The second kappa shape index (κ2) is 3.66. The normalized spacial score (nSPS) is 9.31. The summed E-state index contributed by atoms with van der Waals surface area (Å²) < 4.78 is 0. The molecule has 13 heavy (non-hydrogen) atoms. The van der Waals surface area contributed by atoms with Crippen LogP contribution in [-0.2, 0) is 9.59 Å². The third-order valence-corrected chi connectivity index (χ3v) is 1.48. The first kappa shape index (κ1) is 9.18. The van der Waals surface area contributed by atoms with E-state index < -0.39 is 11.9 Å². The van der Waals surface area contributed by atoms with Crippen molar-refractivity contribution in [1.29, 1.82) is 0 Å². The van der Waals surface area contributed by atoms with Crippen LogP contribution in [0.5, 0.6) is 0 Å². The zero-order chi connectivity index (χ0) is 9.84. The van der Waals surface area contributed by atoms with Gasteiger partial charge in [-0.05, 0) is 18.6 Å². The number of anilines is 1. The predicted molar refractivity (Wildman–Crippen MR) is 45.2 cm³/mol. The Morgan fingerprint density at radius 1 is 1.54 bits per heavy atom. The van der Waals surface area contributed by atoms with Crippen LogP contribution in [0.1, 0.15) is 5.56 Å². The first-order valence-electron chi connectivity index (χ1n) is 3.56. The number of aromatic nitrogens is 1. The number of rotatable bonds is 1. The minimum Gasteiger partial charge on any atom is -0.474 e. The quantitative estimate of drug-likeness (QED) is 0.613. The maximum atomic E-state index is 10.7. The summed E-state index contributed by atoms with van der Waals surface area (Å²) in [5.41, 5.74) is 1.18. The number of aryl methyl sites for hydroxylation is 1. The van der Waals surface area contributed by atoms with Crippen LogP contribution < -0.4 is 5.32 Å². The standard InChI is InChI=1S/C8H8N2O3/c1-5-2-3-9-4-6(5)10-7(11)8(12)13/h2-4H,1H3,(H,10,11)(H,12,13). The molecule has 1 amide bonds. The Balaban J connectivity index is 2.81. The van der Waals surface area contributed by atoms with Crippen molar-refractivity contribution in [3.63, 3.8) is 0 Å². The lowest BCUT2D eigenvalue weighted by Crippen LogP contribution is -2.22. The summed E-state index contributed by atoms with van der Waals surface area (Å²) >= 11 is 0. The monoisotopic (exact) mass is 180 g/mol. The summed E-state index contributed by atoms with van der Waals surface area (Å²) in [6, 6.07) is 1.68. The molecule has 0 aliphatic heterocycles. The highest BCUT2D eigenvalue weighted by Crippen LogP contribution is 2.10. The van der Waals surface area contributed by atoms with E-state index in [-0.39, 0.29) is 0 Å². The summed E-state index contributed by atoms with van der Waals surface area (Å²) in [5, 5.41) is 10.5. The summed E-state index contributed by atoms with van der Waals surface area (Å²) in [5.74, 6) is -2.57. The van der Waals surface area contributed by atoms with Crippen LogP contribution in [0.2, 0.25) is 0 Å². The average molecular weight is 180 g/mol. The Hall–Kier alpha value is -1.91. The zero-order valence-electron chi connectivity index (χ0n) is 6.94. The van der Waals surface area contributed by atoms with Crippen molar-refractivity contribution in [3.8, 4) is 0 Å². The van der Waals surface area contributed by atoms with Crippen molar-refractivity contribution in [3.05, 3.63) is 24.0 Å². The second-order valence-electron chi connectivity index (χ2n) is 2.45. The van der Waals surface area contributed by atoms with E-state index in [1.54, 1.807) is 19.2 Å². The number of hydrogen-bond acceptors (Lipinski definition) is 3. The number of nitrogens with one attached hydrogen (secondary N) is 1. The predicted octanol–water partition coefficient (Wildman–Crippen LogP) is 0.413.